The predicted octanol–water partition coefficient (Wildman–Crippen LogP) is -2.16. The third kappa shape index (κ3) is 5.06. The van der Waals surface area contributed by atoms with E-state index in [9.17, 15) is 27.6 Å². The molecule has 1 aromatic rings. The van der Waals surface area contributed by atoms with E-state index in [0.717, 1.165) is 15.2 Å². The molecule has 1 heterocycles. The van der Waals surface area contributed by atoms with Crippen molar-refractivity contribution in [1.82, 2.24) is 19.8 Å². The zero-order valence-corrected chi connectivity index (χ0v) is 13.8. The van der Waals surface area contributed by atoms with Crippen molar-refractivity contribution in [2.45, 2.75) is 12.2 Å². The lowest BCUT2D eigenvalue weighted by molar-refractivity contribution is -0.119. The summed E-state index contributed by atoms with van der Waals surface area (Å²) in [5.41, 5.74) is -1.22. The molecule has 0 saturated heterocycles. The highest BCUT2D eigenvalue weighted by Crippen LogP contribution is 2.04. The first-order valence-corrected chi connectivity index (χ1v) is 8.37. The molecule has 1 rings (SSSR count). The van der Waals surface area contributed by atoms with Crippen LogP contribution in [-0.4, -0.2) is 42.3 Å². The van der Waals surface area contributed by atoms with Gasteiger partial charge in [0.25, 0.3) is 5.56 Å². The molecule has 0 saturated carbocycles. The summed E-state index contributed by atoms with van der Waals surface area (Å²) in [6.45, 7) is 0. The molecule has 0 aliphatic heterocycles. The van der Waals surface area contributed by atoms with E-state index in [1.807, 2.05) is 5.32 Å². The fourth-order valence-electron chi connectivity index (χ4n) is 1.71. The van der Waals surface area contributed by atoms with Gasteiger partial charge in [-0.2, -0.15) is 0 Å². The number of sulfone groups is 1. The Hall–Kier alpha value is -2.43. The maximum atomic E-state index is 12.0. The monoisotopic (exact) mass is 346 g/mol. The van der Waals surface area contributed by atoms with E-state index in [1.165, 1.54) is 21.1 Å². The summed E-state index contributed by atoms with van der Waals surface area (Å²) in [5, 5.41) is 4.10. The van der Waals surface area contributed by atoms with Crippen LogP contribution in [0.1, 0.15) is 12.1 Å². The molecule has 1 aromatic heterocycles. The summed E-state index contributed by atoms with van der Waals surface area (Å²) in [7, 11) is 0.210. The van der Waals surface area contributed by atoms with Crippen LogP contribution in [0.3, 0.4) is 0 Å². The highest BCUT2D eigenvalue weighted by atomic mass is 32.2. The zero-order chi connectivity index (χ0) is 17.8. The summed E-state index contributed by atoms with van der Waals surface area (Å²) in [4.78, 5) is 45.6. The second kappa shape index (κ2) is 7.22. The van der Waals surface area contributed by atoms with Gasteiger partial charge >= 0.3 is 11.7 Å². The zero-order valence-electron chi connectivity index (χ0n) is 13.0. The van der Waals surface area contributed by atoms with E-state index in [0.29, 0.717) is 0 Å². The summed E-state index contributed by atoms with van der Waals surface area (Å²) in [6.07, 6.45) is -0.408. The predicted molar refractivity (Wildman–Crippen MR) is 81.6 cm³/mol. The van der Waals surface area contributed by atoms with Crippen molar-refractivity contribution in [3.05, 3.63) is 32.6 Å². The smallest absolute Gasteiger partial charge is 0.330 e. The highest BCUT2D eigenvalue weighted by Gasteiger charge is 2.18. The first-order valence-electron chi connectivity index (χ1n) is 6.55. The Bertz CT molecular complexity index is 836. The number of urea groups is 1. The number of hydrogen-bond acceptors (Lipinski definition) is 6. The van der Waals surface area contributed by atoms with Crippen molar-refractivity contribution >= 4 is 21.8 Å². The third-order valence-electron chi connectivity index (χ3n) is 3.11. The molecule has 128 valence electrons. The Morgan fingerprint density at radius 1 is 1.17 bits per heavy atom. The Labute approximate surface area is 132 Å². The van der Waals surface area contributed by atoms with Crippen LogP contribution in [0.2, 0.25) is 0 Å². The molecule has 23 heavy (non-hydrogen) atoms. The molecular formula is C12H18N4O6S. The molecule has 10 nitrogen and oxygen atoms in total. The average molecular weight is 346 g/mol. The summed E-state index contributed by atoms with van der Waals surface area (Å²) in [6, 6.07) is 0.324. The highest BCUT2D eigenvalue weighted by molar-refractivity contribution is 7.90. The van der Waals surface area contributed by atoms with E-state index >= 15 is 0 Å². The number of amides is 3. The van der Waals surface area contributed by atoms with Gasteiger partial charge in [0.15, 0.2) is 9.84 Å². The normalized spacial score (nSPS) is 11.1. The molecule has 0 fully saturated rings. The molecule has 11 heteroatoms. The van der Waals surface area contributed by atoms with Crippen LogP contribution in [0.25, 0.3) is 0 Å². The van der Waals surface area contributed by atoms with Crippen LogP contribution in [0.5, 0.6) is 0 Å². The lowest BCUT2D eigenvalue weighted by atomic mass is 10.4. The molecule has 0 unspecified atom stereocenters. The lowest BCUT2D eigenvalue weighted by Crippen LogP contribution is -2.39. The van der Waals surface area contributed by atoms with Crippen LogP contribution < -0.4 is 21.9 Å². The Balaban J connectivity index is 2.85. The van der Waals surface area contributed by atoms with Crippen LogP contribution in [0.15, 0.2) is 15.7 Å². The van der Waals surface area contributed by atoms with Crippen LogP contribution >= 0.6 is 0 Å². The minimum Gasteiger partial charge on any atom is -0.341 e. The first kappa shape index (κ1) is 18.6. The molecule has 0 aliphatic rings. The quantitative estimate of drug-likeness (QED) is 0.623. The number of nitrogens with one attached hydrogen (secondary N) is 2. The molecule has 0 aromatic carbocycles. The summed E-state index contributed by atoms with van der Waals surface area (Å²) < 4.78 is 25.9. The topological polar surface area (TPSA) is 136 Å². The van der Waals surface area contributed by atoms with Crippen molar-refractivity contribution in [3.63, 3.8) is 0 Å². The largest absolute Gasteiger partial charge is 0.341 e. The van der Waals surface area contributed by atoms with Crippen LogP contribution in [-0.2, 0) is 34.5 Å². The van der Waals surface area contributed by atoms with E-state index in [2.05, 4.69) is 5.32 Å². The van der Waals surface area contributed by atoms with Crippen LogP contribution in [0.4, 0.5) is 4.79 Å². The van der Waals surface area contributed by atoms with Gasteiger partial charge in [-0.15, -0.1) is 0 Å². The molecule has 0 bridgehead atoms. The van der Waals surface area contributed by atoms with Gasteiger partial charge in [0.2, 0.25) is 5.91 Å². The molecule has 0 radical (unpaired) electrons. The second-order valence-corrected chi connectivity index (χ2v) is 7.03. The van der Waals surface area contributed by atoms with Crippen molar-refractivity contribution in [1.29, 1.82) is 0 Å². The minimum atomic E-state index is -3.74. The maximum Gasteiger partial charge on any atom is 0.330 e. The van der Waals surface area contributed by atoms with Crippen molar-refractivity contribution < 1.29 is 18.0 Å². The van der Waals surface area contributed by atoms with Gasteiger partial charge in [0, 0.05) is 39.3 Å². The molecule has 0 atom stereocenters. The lowest BCUT2D eigenvalue weighted by Gasteiger charge is -2.10. The Morgan fingerprint density at radius 2 is 1.78 bits per heavy atom. The number of hydrogen-bond donors (Lipinski definition) is 2. The van der Waals surface area contributed by atoms with E-state index in [1.54, 1.807) is 0 Å². The molecule has 2 N–H and O–H groups in total. The first-order chi connectivity index (χ1) is 10.6. The van der Waals surface area contributed by atoms with Crippen LogP contribution in [0, 0.1) is 0 Å². The maximum absolute atomic E-state index is 12.0. The molecule has 0 aliphatic carbocycles. The van der Waals surface area contributed by atoms with Gasteiger partial charge in [-0.05, 0) is 0 Å². The van der Waals surface area contributed by atoms with Gasteiger partial charge < -0.3 is 5.32 Å². The van der Waals surface area contributed by atoms with Gasteiger partial charge in [-0.25, -0.2) is 18.0 Å². The third-order valence-corrected chi connectivity index (χ3v) is 4.68. The molecule has 0 spiro atoms. The van der Waals surface area contributed by atoms with Crippen molar-refractivity contribution in [2.75, 3.05) is 12.8 Å². The standard InChI is InChI=1S/C12H18N4O6S/c1-13-11(19)14-9(17)4-5-23(21,22)7-8-6-10(18)16(3)12(20)15(8)2/h6H,4-5,7H2,1-3H3,(H2,13,14,17,19). The number of carbonyl (C=O) groups excluding carboxylic acids is 2. The van der Waals surface area contributed by atoms with Crippen molar-refractivity contribution in [3.8, 4) is 0 Å². The van der Waals surface area contributed by atoms with E-state index in [4.69, 9.17) is 0 Å². The van der Waals surface area contributed by atoms with Crippen molar-refractivity contribution in [2.24, 2.45) is 14.1 Å². The summed E-state index contributed by atoms with van der Waals surface area (Å²) >= 11 is 0. The molecular weight excluding hydrogens is 328 g/mol. The summed E-state index contributed by atoms with van der Waals surface area (Å²) in [5.74, 6) is -1.81. The fraction of sp³-hybridized carbons (Fsp3) is 0.500. The van der Waals surface area contributed by atoms with Gasteiger partial charge in [-0.3, -0.25) is 24.0 Å². The average Bonchev–Trinajstić information content (AvgIpc) is 2.48. The van der Waals surface area contributed by atoms with Gasteiger partial charge in [-0.1, -0.05) is 0 Å². The molecule has 3 amide bonds. The van der Waals surface area contributed by atoms with Gasteiger partial charge in [0.05, 0.1) is 11.5 Å². The number of rotatable bonds is 5. The van der Waals surface area contributed by atoms with E-state index < -0.39 is 51.0 Å². The SMILES string of the molecule is CNC(=O)NC(=O)CCS(=O)(=O)Cc1cc(=O)n(C)c(=O)n1C. The number of imide groups is 1. The minimum absolute atomic E-state index is 0.0322. The second-order valence-electron chi connectivity index (χ2n) is 4.84. The number of aromatic nitrogens is 2. The van der Waals surface area contributed by atoms with Gasteiger partial charge in [0.1, 0.15) is 0 Å². The number of carbonyl (C=O) groups is 2. The Morgan fingerprint density at radius 3 is 2.35 bits per heavy atom. The fourth-order valence-corrected chi connectivity index (χ4v) is 3.08. The Kier molecular flexibility index (Phi) is 5.85. The number of nitrogens with zero attached hydrogens (tertiary/aromatic N) is 2. The van der Waals surface area contributed by atoms with E-state index in [-0.39, 0.29) is 5.69 Å².